The van der Waals surface area contributed by atoms with Crippen LogP contribution in [-0.2, 0) is 73.5 Å². The van der Waals surface area contributed by atoms with Gasteiger partial charge in [0, 0.05) is 0 Å². The summed E-state index contributed by atoms with van der Waals surface area (Å²) in [5.74, 6) is -13.1. The van der Waals surface area contributed by atoms with Crippen LogP contribution in [0.2, 0.25) is 0 Å². The van der Waals surface area contributed by atoms with Crippen LogP contribution in [0.3, 0.4) is 0 Å². The van der Waals surface area contributed by atoms with Gasteiger partial charge in [-0.1, -0.05) is 0 Å². The van der Waals surface area contributed by atoms with Gasteiger partial charge in [0.25, 0.3) is 0 Å². The van der Waals surface area contributed by atoms with Gasteiger partial charge in [-0.05, 0) is 0 Å². The Balaban J connectivity index is -0.0000000442. The molecule has 0 aliphatic carbocycles. The van der Waals surface area contributed by atoms with Crippen LogP contribution in [0.15, 0.2) is 0 Å². The van der Waals surface area contributed by atoms with Crippen LogP contribution in [0, 0.1) is 0 Å². The maximum atomic E-state index is 9.00. The molecule has 0 aliphatic heterocycles. The number of carboxylic acid groups (broad SMARTS) is 6. The minimum absolute atomic E-state index is 0. The van der Waals surface area contributed by atoms with Crippen LogP contribution in [0.4, 0.5) is 4.79 Å². The van der Waals surface area contributed by atoms with Crippen LogP contribution in [0.5, 0.6) is 0 Å². The van der Waals surface area contributed by atoms with E-state index in [2.05, 4.69) is 11.5 Å². The molecule has 0 spiro atoms. The van der Waals surface area contributed by atoms with E-state index in [1.807, 2.05) is 0 Å². The minimum Gasteiger partial charge on any atom is -0.543 e. The number of aliphatic carboxylic acids is 6. The van der Waals surface area contributed by atoms with Crippen molar-refractivity contribution < 1.29 is 109 Å². The summed E-state index contributed by atoms with van der Waals surface area (Å²) in [6, 6.07) is -0.833. The molecule has 0 unspecified atom stereocenters. The average Bonchev–Trinajstić information content (AvgIpc) is 2.29. The Morgan fingerprint density at radius 3 is 0.458 bits per heavy atom. The first-order chi connectivity index (χ1) is 9.66. The van der Waals surface area contributed by atoms with Crippen molar-refractivity contribution in [3.05, 3.63) is 0 Å². The number of hydrogen-bond acceptors (Lipinski definition) is 13. The van der Waals surface area contributed by atoms with Crippen molar-refractivity contribution in [1.82, 2.24) is 0 Å². The molecule has 0 fully saturated rings. The molecule has 0 aliphatic rings. The molecule has 0 atom stereocenters. The zero-order valence-corrected chi connectivity index (χ0v) is 14.9. The van der Waals surface area contributed by atoms with Crippen LogP contribution in [0.25, 0.3) is 0 Å². The molecule has 0 aromatic heterocycles. The zero-order valence-electron chi connectivity index (χ0n) is 10.6. The maximum Gasteiger partial charge on any atom is 3.00 e. The fourth-order valence-corrected chi connectivity index (χ4v) is 0. The van der Waals surface area contributed by atoms with E-state index >= 15 is 0 Å². The molecule has 24 heavy (non-hydrogen) atoms. The van der Waals surface area contributed by atoms with Crippen LogP contribution in [0.1, 0.15) is 0 Å². The summed E-state index contributed by atoms with van der Waals surface area (Å²) >= 11 is 0. The number of carbonyl (C=O) groups excluding carboxylic acids is 7. The predicted octanol–water partition coefficient (Wildman–Crippen LogP) is -11.5. The average molecular weight is 718 g/mol. The Morgan fingerprint density at radius 2 is 0.458 bits per heavy atom. The molecule has 0 radical (unpaired) electrons. The van der Waals surface area contributed by atoms with Crippen molar-refractivity contribution in [3.63, 3.8) is 0 Å². The molecular formula is C7H4Au2N2O13. The van der Waals surface area contributed by atoms with Crippen LogP contribution < -0.4 is 42.1 Å². The maximum absolute atomic E-state index is 9.00. The molecule has 4 N–H and O–H groups in total. The molecular weight excluding hydrogens is 714 g/mol. The number of hydrogen-bond donors (Lipinski definition) is 2. The molecule has 0 bridgehead atoms. The molecule has 17 heteroatoms. The second kappa shape index (κ2) is 22.8. The summed E-state index contributed by atoms with van der Waals surface area (Å²) in [5.41, 5.74) is 8.50. The number of urea groups is 1. The minimum atomic E-state index is -2.19. The SMILES string of the molecule is NC(N)=O.O=C([O-])C(=O)[O-].O=C([O-])C(=O)[O-].O=C([O-])C(=O)[O-].[Au+3].[Au+3]. The van der Waals surface area contributed by atoms with Gasteiger partial charge in [-0.2, -0.15) is 0 Å². The van der Waals surface area contributed by atoms with Gasteiger partial charge in [-0.15, -0.1) is 0 Å². The fraction of sp³-hybridized carbons (Fsp3) is 0. The monoisotopic (exact) mass is 718 g/mol. The molecule has 0 aromatic carbocycles. The first-order valence-corrected chi connectivity index (χ1v) is 3.98. The molecule has 0 heterocycles. The smallest absolute Gasteiger partial charge is 0.543 e. The van der Waals surface area contributed by atoms with E-state index < -0.39 is 41.8 Å². The Bertz CT molecular complexity index is 366. The Morgan fingerprint density at radius 1 is 0.417 bits per heavy atom. The summed E-state index contributed by atoms with van der Waals surface area (Å²) in [7, 11) is 0. The summed E-state index contributed by atoms with van der Waals surface area (Å²) < 4.78 is 0. The Hall–Kier alpha value is -2.43. The summed E-state index contributed by atoms with van der Waals surface area (Å²) in [6.07, 6.45) is 0. The van der Waals surface area contributed by atoms with Gasteiger partial charge in [0.1, 0.15) is 0 Å². The van der Waals surface area contributed by atoms with Crippen molar-refractivity contribution in [1.29, 1.82) is 0 Å². The molecule has 2 amide bonds. The van der Waals surface area contributed by atoms with Gasteiger partial charge in [0.15, 0.2) is 0 Å². The number of nitrogens with two attached hydrogens (primary N) is 2. The Kier molecular flexibility index (Phi) is 35.8. The van der Waals surface area contributed by atoms with Gasteiger partial charge in [-0.3, -0.25) is 0 Å². The van der Waals surface area contributed by atoms with Gasteiger partial charge >= 0.3 is 50.8 Å². The van der Waals surface area contributed by atoms with E-state index in [1.165, 1.54) is 0 Å². The second-order valence-corrected chi connectivity index (χ2v) is 2.13. The first kappa shape index (κ1) is 37.6. The van der Waals surface area contributed by atoms with Crippen molar-refractivity contribution in [2.45, 2.75) is 0 Å². The summed E-state index contributed by atoms with van der Waals surface area (Å²) in [4.78, 5) is 62.6. The third-order valence-corrected chi connectivity index (χ3v) is 0.500. The van der Waals surface area contributed by atoms with Gasteiger partial charge in [0.05, 0.1) is 35.8 Å². The molecule has 15 nitrogen and oxygen atoms in total. The predicted molar refractivity (Wildman–Crippen MR) is 43.8 cm³/mol. The van der Waals surface area contributed by atoms with Crippen molar-refractivity contribution >= 4 is 41.8 Å². The quantitative estimate of drug-likeness (QED) is 0.174. The second-order valence-electron chi connectivity index (χ2n) is 2.13. The topological polar surface area (TPSA) is 310 Å². The summed E-state index contributed by atoms with van der Waals surface area (Å²) in [5, 5.41) is 53.6. The fourth-order valence-electron chi connectivity index (χ4n) is 0. The number of carbonyl (C=O) groups is 7. The van der Waals surface area contributed by atoms with Crippen molar-refractivity contribution in [2.24, 2.45) is 11.5 Å². The van der Waals surface area contributed by atoms with Crippen LogP contribution >= 0.6 is 0 Å². The van der Waals surface area contributed by atoms with Crippen molar-refractivity contribution in [2.75, 3.05) is 0 Å². The Labute approximate surface area is 162 Å². The summed E-state index contributed by atoms with van der Waals surface area (Å²) in [6.45, 7) is 0. The molecule has 0 saturated carbocycles. The molecule has 142 valence electrons. The van der Waals surface area contributed by atoms with E-state index in [1.54, 1.807) is 0 Å². The number of carboxylic acids is 6. The third-order valence-electron chi connectivity index (χ3n) is 0.500. The number of amides is 2. The third kappa shape index (κ3) is 73.7. The van der Waals surface area contributed by atoms with Gasteiger partial charge in [-0.25, -0.2) is 4.79 Å². The van der Waals surface area contributed by atoms with Gasteiger partial charge < -0.3 is 70.9 Å². The van der Waals surface area contributed by atoms with E-state index in [9.17, 15) is 0 Å². The van der Waals surface area contributed by atoms with Crippen molar-refractivity contribution in [3.8, 4) is 0 Å². The van der Waals surface area contributed by atoms with E-state index in [0.717, 1.165) is 0 Å². The van der Waals surface area contributed by atoms with Crippen LogP contribution in [-0.4, -0.2) is 41.8 Å². The number of rotatable bonds is 0. The largest absolute Gasteiger partial charge is 3.00 e. The standard InChI is InChI=1S/3C2H2O4.CH4N2O.2Au/c3*3-1(4)2(5)6;2-1(3)4;;/h3*(H,3,4)(H,5,6);(H4,2,3,4);;/q;;;;2*+3/p-6. The molecule has 0 rings (SSSR count). The normalized spacial score (nSPS) is 6.50. The van der Waals surface area contributed by atoms with E-state index in [0.29, 0.717) is 0 Å². The number of primary amides is 2. The van der Waals surface area contributed by atoms with E-state index in [-0.39, 0.29) is 44.8 Å². The molecule has 0 aromatic rings. The molecule has 0 saturated heterocycles. The van der Waals surface area contributed by atoms with Gasteiger partial charge in [0.2, 0.25) is 0 Å². The zero-order chi connectivity index (χ0) is 19.0. The first-order valence-electron chi connectivity index (χ1n) is 3.98. The van der Waals surface area contributed by atoms with E-state index in [4.69, 9.17) is 64.2 Å².